The number of benzene rings is 2. The fourth-order valence-corrected chi connectivity index (χ4v) is 2.87. The van der Waals surface area contributed by atoms with Crippen LogP contribution in [0.5, 0.6) is 5.75 Å². The molecule has 0 atom stereocenters. The average molecular weight is 396 g/mol. The highest BCUT2D eigenvalue weighted by Gasteiger charge is 2.11. The van der Waals surface area contributed by atoms with E-state index >= 15 is 0 Å². The number of hydrogen-bond donors (Lipinski definition) is 2. The van der Waals surface area contributed by atoms with Gasteiger partial charge in [0.15, 0.2) is 0 Å². The van der Waals surface area contributed by atoms with Gasteiger partial charge in [-0.3, -0.25) is 9.59 Å². The van der Waals surface area contributed by atoms with Crippen LogP contribution in [0.2, 0.25) is 0 Å². The average Bonchev–Trinajstić information content (AvgIpc) is 2.68. The molecule has 2 aromatic rings. The van der Waals surface area contributed by atoms with Crippen LogP contribution >= 0.6 is 0 Å². The van der Waals surface area contributed by atoms with Gasteiger partial charge in [-0.05, 0) is 60.2 Å². The van der Waals surface area contributed by atoms with E-state index in [0.717, 1.165) is 33.7 Å². The summed E-state index contributed by atoms with van der Waals surface area (Å²) in [6.45, 7) is 8.07. The van der Waals surface area contributed by atoms with Gasteiger partial charge in [0.1, 0.15) is 5.75 Å². The lowest BCUT2D eigenvalue weighted by Crippen LogP contribution is -2.21. The van der Waals surface area contributed by atoms with Crippen molar-refractivity contribution in [1.82, 2.24) is 5.43 Å². The predicted octanol–water partition coefficient (Wildman–Crippen LogP) is 4.30. The zero-order chi connectivity index (χ0) is 21.4. The number of aryl methyl sites for hydroxylation is 2. The molecule has 0 saturated carbocycles. The van der Waals surface area contributed by atoms with Gasteiger partial charge in [-0.1, -0.05) is 32.0 Å². The van der Waals surface area contributed by atoms with Gasteiger partial charge >= 0.3 is 0 Å². The standard InChI is InChI=1S/C23H29N3O3/c1-15(2)19-13-18(17(4)12-21(19)29-5)14-24-26-23(28)11-10-22(27)25-20-9-7-6-8-16(20)3/h6-9,12-15H,10-11H2,1-5H3,(H,25,27)(H,26,28). The number of hydrogen-bond acceptors (Lipinski definition) is 4. The number of anilines is 1. The lowest BCUT2D eigenvalue weighted by molar-refractivity contribution is -0.124. The first-order valence-electron chi connectivity index (χ1n) is 9.67. The van der Waals surface area contributed by atoms with Crippen molar-refractivity contribution in [3.63, 3.8) is 0 Å². The Morgan fingerprint density at radius 1 is 1.07 bits per heavy atom. The fraction of sp³-hybridized carbons (Fsp3) is 0.348. The van der Waals surface area contributed by atoms with Gasteiger partial charge in [0.2, 0.25) is 11.8 Å². The monoisotopic (exact) mass is 395 g/mol. The zero-order valence-corrected chi connectivity index (χ0v) is 17.7. The number of carbonyl (C=O) groups is 2. The van der Waals surface area contributed by atoms with Gasteiger partial charge in [0.05, 0.1) is 13.3 Å². The topological polar surface area (TPSA) is 79.8 Å². The van der Waals surface area contributed by atoms with Gasteiger partial charge in [-0.25, -0.2) is 5.43 Å². The molecule has 29 heavy (non-hydrogen) atoms. The van der Waals surface area contributed by atoms with E-state index in [1.165, 1.54) is 0 Å². The van der Waals surface area contributed by atoms with Crippen molar-refractivity contribution >= 4 is 23.7 Å². The van der Waals surface area contributed by atoms with Crippen molar-refractivity contribution in [2.75, 3.05) is 12.4 Å². The summed E-state index contributed by atoms with van der Waals surface area (Å²) in [6.07, 6.45) is 1.77. The molecule has 0 radical (unpaired) electrons. The molecule has 2 N–H and O–H groups in total. The minimum Gasteiger partial charge on any atom is -0.496 e. The first kappa shape index (κ1) is 22.1. The van der Waals surface area contributed by atoms with Crippen LogP contribution in [0.15, 0.2) is 41.5 Å². The van der Waals surface area contributed by atoms with Crippen molar-refractivity contribution in [1.29, 1.82) is 0 Å². The summed E-state index contributed by atoms with van der Waals surface area (Å²) >= 11 is 0. The number of methoxy groups -OCH3 is 1. The Morgan fingerprint density at radius 3 is 2.41 bits per heavy atom. The highest BCUT2D eigenvalue weighted by Crippen LogP contribution is 2.29. The highest BCUT2D eigenvalue weighted by molar-refractivity contribution is 5.94. The van der Waals surface area contributed by atoms with Crippen LogP contribution in [0.4, 0.5) is 5.69 Å². The maximum atomic E-state index is 12.0. The molecule has 0 aromatic heterocycles. The van der Waals surface area contributed by atoms with Crippen molar-refractivity contribution < 1.29 is 14.3 Å². The van der Waals surface area contributed by atoms with E-state index in [2.05, 4.69) is 29.7 Å². The van der Waals surface area contributed by atoms with Gasteiger partial charge in [-0.15, -0.1) is 0 Å². The summed E-state index contributed by atoms with van der Waals surface area (Å²) in [6, 6.07) is 11.5. The molecule has 6 nitrogen and oxygen atoms in total. The molecule has 2 amide bonds. The second-order valence-electron chi connectivity index (χ2n) is 7.26. The minimum atomic E-state index is -0.309. The van der Waals surface area contributed by atoms with E-state index in [1.54, 1.807) is 13.3 Å². The van der Waals surface area contributed by atoms with Gasteiger partial charge in [0, 0.05) is 18.5 Å². The second kappa shape index (κ2) is 10.4. The number of hydrazone groups is 1. The number of carbonyl (C=O) groups excluding carboxylic acids is 2. The Morgan fingerprint density at radius 2 is 1.76 bits per heavy atom. The third kappa shape index (κ3) is 6.45. The largest absolute Gasteiger partial charge is 0.496 e. The van der Waals surface area contributed by atoms with Crippen LogP contribution in [0.3, 0.4) is 0 Å². The lowest BCUT2D eigenvalue weighted by Gasteiger charge is -2.14. The molecule has 0 aliphatic carbocycles. The summed E-state index contributed by atoms with van der Waals surface area (Å²) in [5, 5.41) is 6.85. The first-order chi connectivity index (χ1) is 13.8. The quantitative estimate of drug-likeness (QED) is 0.516. The lowest BCUT2D eigenvalue weighted by atomic mass is 9.97. The molecule has 0 bridgehead atoms. The molecule has 0 aliphatic heterocycles. The Labute approximate surface area is 172 Å². The van der Waals surface area contributed by atoms with E-state index in [1.807, 2.05) is 50.2 Å². The predicted molar refractivity (Wildman–Crippen MR) is 117 cm³/mol. The number of ether oxygens (including phenoxy) is 1. The molecule has 154 valence electrons. The van der Waals surface area contributed by atoms with Crippen LogP contribution in [0.25, 0.3) is 0 Å². The van der Waals surface area contributed by atoms with Crippen LogP contribution in [-0.2, 0) is 9.59 Å². The molecule has 6 heteroatoms. The smallest absolute Gasteiger partial charge is 0.240 e. The number of rotatable bonds is 8. The Balaban J connectivity index is 1.89. The molecular weight excluding hydrogens is 366 g/mol. The Hall–Kier alpha value is -3.15. The molecule has 0 saturated heterocycles. The normalized spacial score (nSPS) is 11.0. The van der Waals surface area contributed by atoms with Crippen molar-refractivity contribution in [3.8, 4) is 5.75 Å². The highest BCUT2D eigenvalue weighted by atomic mass is 16.5. The van der Waals surface area contributed by atoms with E-state index in [9.17, 15) is 9.59 Å². The van der Waals surface area contributed by atoms with Gasteiger partial charge < -0.3 is 10.1 Å². The van der Waals surface area contributed by atoms with E-state index in [-0.39, 0.29) is 24.7 Å². The Bertz CT molecular complexity index is 904. The third-order valence-corrected chi connectivity index (χ3v) is 4.63. The number of para-hydroxylation sites is 1. The number of nitrogens with zero attached hydrogens (tertiary/aromatic N) is 1. The molecular formula is C23H29N3O3. The van der Waals surface area contributed by atoms with Crippen molar-refractivity contribution in [2.45, 2.75) is 46.5 Å². The maximum Gasteiger partial charge on any atom is 0.240 e. The molecule has 2 aromatic carbocycles. The summed E-state index contributed by atoms with van der Waals surface area (Å²) in [7, 11) is 1.66. The Kier molecular flexibility index (Phi) is 7.95. The second-order valence-corrected chi connectivity index (χ2v) is 7.26. The van der Waals surface area contributed by atoms with E-state index in [0.29, 0.717) is 5.92 Å². The third-order valence-electron chi connectivity index (χ3n) is 4.63. The molecule has 0 unspecified atom stereocenters. The number of amides is 2. The molecule has 0 aliphatic rings. The summed E-state index contributed by atoms with van der Waals surface area (Å²) in [5.41, 5.74) is 7.21. The van der Waals surface area contributed by atoms with Crippen LogP contribution < -0.4 is 15.5 Å². The van der Waals surface area contributed by atoms with E-state index in [4.69, 9.17) is 4.74 Å². The van der Waals surface area contributed by atoms with Crippen molar-refractivity contribution in [3.05, 3.63) is 58.7 Å². The van der Waals surface area contributed by atoms with Crippen molar-refractivity contribution in [2.24, 2.45) is 5.10 Å². The molecule has 0 fully saturated rings. The summed E-state index contributed by atoms with van der Waals surface area (Å²) in [5.74, 6) is 0.639. The number of nitrogens with one attached hydrogen (secondary N) is 2. The molecule has 0 spiro atoms. The molecule has 2 rings (SSSR count). The zero-order valence-electron chi connectivity index (χ0n) is 17.7. The SMILES string of the molecule is COc1cc(C)c(C=NNC(=O)CCC(=O)Nc2ccccc2C)cc1C(C)C. The van der Waals surface area contributed by atoms with Gasteiger partial charge in [-0.2, -0.15) is 5.10 Å². The fourth-order valence-electron chi connectivity index (χ4n) is 2.87. The first-order valence-corrected chi connectivity index (χ1v) is 9.67. The van der Waals surface area contributed by atoms with E-state index < -0.39 is 0 Å². The molecule has 0 heterocycles. The van der Waals surface area contributed by atoms with Crippen LogP contribution in [0.1, 0.15) is 54.9 Å². The minimum absolute atomic E-state index is 0.0634. The maximum absolute atomic E-state index is 12.0. The van der Waals surface area contributed by atoms with Crippen LogP contribution in [0, 0.1) is 13.8 Å². The van der Waals surface area contributed by atoms with Crippen LogP contribution in [-0.4, -0.2) is 25.1 Å². The summed E-state index contributed by atoms with van der Waals surface area (Å²) < 4.78 is 5.44. The summed E-state index contributed by atoms with van der Waals surface area (Å²) in [4.78, 5) is 24.0. The van der Waals surface area contributed by atoms with Gasteiger partial charge in [0.25, 0.3) is 0 Å².